The van der Waals surface area contributed by atoms with Gasteiger partial charge in [-0.15, -0.1) is 0 Å². The molecule has 0 radical (unpaired) electrons. The summed E-state index contributed by atoms with van der Waals surface area (Å²) in [4.78, 5) is 40.1. The van der Waals surface area contributed by atoms with Gasteiger partial charge in [0.25, 0.3) is 5.56 Å². The van der Waals surface area contributed by atoms with E-state index >= 15 is 0 Å². The summed E-state index contributed by atoms with van der Waals surface area (Å²) in [6.07, 6.45) is -1.96. The molecule has 3 atom stereocenters. The quantitative estimate of drug-likeness (QED) is 0.388. The van der Waals surface area contributed by atoms with Crippen molar-refractivity contribution in [2.24, 2.45) is 5.73 Å². The Balaban J connectivity index is 1.52. The number of aromatic nitrogens is 1. The van der Waals surface area contributed by atoms with E-state index in [9.17, 15) is 27.6 Å². The number of alkyl halides is 3. The van der Waals surface area contributed by atoms with Crippen LogP contribution in [0.2, 0.25) is 0 Å². The summed E-state index contributed by atoms with van der Waals surface area (Å²) < 4.78 is 45.7. The molecule has 2 heterocycles. The Morgan fingerprint density at radius 1 is 1.16 bits per heavy atom. The number of hydrogen-bond acceptors (Lipinski definition) is 5. The number of carbonyl (C=O) groups is 2. The van der Waals surface area contributed by atoms with Crippen molar-refractivity contribution in [1.82, 2.24) is 10.3 Å². The number of nitrogens with two attached hydrogens (primary N) is 1. The van der Waals surface area contributed by atoms with Crippen LogP contribution in [0.5, 0.6) is 0 Å². The van der Waals surface area contributed by atoms with Crippen LogP contribution in [0.25, 0.3) is 22.0 Å². The summed E-state index contributed by atoms with van der Waals surface area (Å²) in [6, 6.07) is 10.3. The maximum absolute atomic E-state index is 13.5. The van der Waals surface area contributed by atoms with E-state index in [1.165, 1.54) is 24.3 Å². The van der Waals surface area contributed by atoms with Crippen LogP contribution in [0.1, 0.15) is 49.7 Å². The van der Waals surface area contributed by atoms with E-state index in [-0.39, 0.29) is 29.2 Å². The Morgan fingerprint density at radius 2 is 1.92 bits per heavy atom. The Morgan fingerprint density at radius 3 is 2.65 bits per heavy atom. The van der Waals surface area contributed by atoms with Crippen LogP contribution >= 0.6 is 0 Å². The second-order valence-corrected chi connectivity index (χ2v) is 9.27. The van der Waals surface area contributed by atoms with Gasteiger partial charge < -0.3 is 20.8 Å². The van der Waals surface area contributed by atoms with Crippen molar-refractivity contribution in [3.05, 3.63) is 70.0 Å². The number of ether oxygens (including phenoxy) is 1. The number of H-pyrrole nitrogens is 1. The molecule has 3 aromatic rings. The van der Waals surface area contributed by atoms with Crippen LogP contribution in [0, 0.1) is 0 Å². The molecule has 1 amide bonds. The highest BCUT2D eigenvalue weighted by atomic mass is 19.4. The minimum absolute atomic E-state index is 0.00294. The number of unbranched alkanes of at least 4 members (excludes halogenated alkanes) is 1. The summed E-state index contributed by atoms with van der Waals surface area (Å²) in [5.74, 6) is -1.33. The average molecular weight is 516 g/mol. The third-order valence-corrected chi connectivity index (χ3v) is 6.58. The van der Waals surface area contributed by atoms with Gasteiger partial charge in [0.1, 0.15) is 12.6 Å². The first-order valence-electron chi connectivity index (χ1n) is 12.1. The number of rotatable bonds is 8. The number of halogens is 3. The maximum Gasteiger partial charge on any atom is 0.417 e. The molecule has 37 heavy (non-hydrogen) atoms. The van der Waals surface area contributed by atoms with Gasteiger partial charge in [-0.2, -0.15) is 13.2 Å². The molecule has 0 aliphatic carbocycles. The highest BCUT2D eigenvalue weighted by Gasteiger charge is 2.35. The molecule has 0 bridgehead atoms. The predicted octanol–water partition coefficient (Wildman–Crippen LogP) is 4.25. The topological polar surface area (TPSA) is 114 Å². The minimum atomic E-state index is -4.58. The lowest BCUT2D eigenvalue weighted by molar-refractivity contribution is -0.146. The zero-order valence-corrected chi connectivity index (χ0v) is 20.2. The number of hydrogen-bond donors (Lipinski definition) is 3. The number of benzene rings is 2. The smallest absolute Gasteiger partial charge is 0.417 e. The van der Waals surface area contributed by atoms with E-state index in [4.69, 9.17) is 10.5 Å². The van der Waals surface area contributed by atoms with Crippen LogP contribution in [0.15, 0.2) is 53.3 Å². The molecule has 1 aliphatic rings. The highest BCUT2D eigenvalue weighted by molar-refractivity contribution is 5.90. The van der Waals surface area contributed by atoms with E-state index < -0.39 is 41.3 Å². The zero-order chi connectivity index (χ0) is 26.7. The van der Waals surface area contributed by atoms with E-state index in [0.717, 1.165) is 18.9 Å². The zero-order valence-electron chi connectivity index (χ0n) is 20.2. The number of fused-ring (bicyclic) bond motifs is 1. The first-order chi connectivity index (χ1) is 17.6. The van der Waals surface area contributed by atoms with Crippen molar-refractivity contribution >= 4 is 22.6 Å². The highest BCUT2D eigenvalue weighted by Crippen LogP contribution is 2.37. The van der Waals surface area contributed by atoms with E-state index in [1.54, 1.807) is 18.2 Å². The molecular formula is C27H28F3N3O4. The van der Waals surface area contributed by atoms with Gasteiger partial charge in [-0.3, -0.25) is 14.4 Å². The number of nitrogens with one attached hydrogen (secondary N) is 2. The molecule has 0 saturated carbocycles. The second kappa shape index (κ2) is 10.8. The van der Waals surface area contributed by atoms with Gasteiger partial charge in [0, 0.05) is 16.6 Å². The summed E-state index contributed by atoms with van der Waals surface area (Å²) in [6.45, 7) is 2.00. The van der Waals surface area contributed by atoms with Crippen LogP contribution in [0.3, 0.4) is 0 Å². The lowest BCUT2D eigenvalue weighted by Gasteiger charge is -2.14. The van der Waals surface area contributed by atoms with Gasteiger partial charge in [-0.25, -0.2) is 0 Å². The SMILES string of the molecule is CCCC[C@H](N)C(=O)OCC1C[C@H](c2ccc3cc(-c4ccccc4C(F)(F)F)[nH]c(=O)c3c2)C(=O)N1. The molecule has 4 rings (SSSR count). The predicted molar refractivity (Wildman–Crippen MR) is 133 cm³/mol. The molecule has 10 heteroatoms. The molecule has 1 unspecified atom stereocenters. The fourth-order valence-corrected chi connectivity index (χ4v) is 4.59. The van der Waals surface area contributed by atoms with Gasteiger partial charge in [0.05, 0.1) is 17.5 Å². The summed E-state index contributed by atoms with van der Waals surface area (Å²) in [5, 5.41) is 3.51. The van der Waals surface area contributed by atoms with Gasteiger partial charge in [0.2, 0.25) is 5.91 Å². The monoisotopic (exact) mass is 515 g/mol. The summed E-state index contributed by atoms with van der Waals surface area (Å²) in [5.41, 5.74) is 4.94. The standard InChI is InChI=1S/C27H28F3N3O4/c1-2-3-8-22(31)26(36)37-14-17-13-20(24(34)32-17)15-9-10-16-12-23(33-25(35)19(16)11-15)18-6-4-5-7-21(18)27(28,29)30/h4-7,9-12,17,20,22H,2-3,8,13-14,31H2,1H3,(H,32,34)(H,33,35)/t17?,20-,22+/m1/s1. The third-order valence-electron chi connectivity index (χ3n) is 6.58. The largest absolute Gasteiger partial charge is 0.462 e. The molecule has 1 saturated heterocycles. The first kappa shape index (κ1) is 26.4. The second-order valence-electron chi connectivity index (χ2n) is 9.27. The molecule has 4 N–H and O–H groups in total. The number of esters is 1. The number of amides is 1. The third kappa shape index (κ3) is 5.85. The van der Waals surface area contributed by atoms with Crippen LogP contribution in [0.4, 0.5) is 13.2 Å². The van der Waals surface area contributed by atoms with Gasteiger partial charge in [-0.05, 0) is 42.0 Å². The first-order valence-corrected chi connectivity index (χ1v) is 12.1. The lowest BCUT2D eigenvalue weighted by atomic mass is 9.93. The molecule has 1 aliphatic heterocycles. The Kier molecular flexibility index (Phi) is 7.68. The average Bonchev–Trinajstić information content (AvgIpc) is 3.25. The fraction of sp³-hybridized carbons (Fsp3) is 0.370. The number of aromatic amines is 1. The Bertz CT molecular complexity index is 1370. The molecule has 1 fully saturated rings. The minimum Gasteiger partial charge on any atom is -0.462 e. The maximum atomic E-state index is 13.5. The molecule has 1 aromatic heterocycles. The molecule has 7 nitrogen and oxygen atoms in total. The lowest BCUT2D eigenvalue weighted by Crippen LogP contribution is -2.36. The Hall–Kier alpha value is -3.66. The van der Waals surface area contributed by atoms with Crippen molar-refractivity contribution in [3.63, 3.8) is 0 Å². The van der Waals surface area contributed by atoms with Crippen LogP contribution in [-0.4, -0.2) is 35.6 Å². The molecule has 2 aromatic carbocycles. The summed E-state index contributed by atoms with van der Waals surface area (Å²) >= 11 is 0. The number of pyridine rings is 1. The van der Waals surface area contributed by atoms with E-state index in [0.29, 0.717) is 23.8 Å². The molecule has 196 valence electrons. The van der Waals surface area contributed by atoms with Crippen molar-refractivity contribution < 1.29 is 27.5 Å². The fourth-order valence-electron chi connectivity index (χ4n) is 4.59. The summed E-state index contributed by atoms with van der Waals surface area (Å²) in [7, 11) is 0. The molecule has 0 spiro atoms. The van der Waals surface area contributed by atoms with Crippen molar-refractivity contribution in [2.45, 2.75) is 56.8 Å². The van der Waals surface area contributed by atoms with Crippen molar-refractivity contribution in [2.75, 3.05) is 6.61 Å². The van der Waals surface area contributed by atoms with Gasteiger partial charge in [0.15, 0.2) is 0 Å². The Labute approximate surface area is 211 Å². The van der Waals surface area contributed by atoms with Crippen molar-refractivity contribution in [1.29, 1.82) is 0 Å². The van der Waals surface area contributed by atoms with E-state index in [1.807, 2.05) is 6.92 Å². The van der Waals surface area contributed by atoms with Gasteiger partial charge in [-0.1, -0.05) is 50.1 Å². The normalized spacial score (nSPS) is 18.6. The molecular weight excluding hydrogens is 487 g/mol. The van der Waals surface area contributed by atoms with Crippen molar-refractivity contribution in [3.8, 4) is 11.3 Å². The van der Waals surface area contributed by atoms with Gasteiger partial charge >= 0.3 is 12.1 Å². The number of carbonyl (C=O) groups excluding carboxylic acids is 2. The van der Waals surface area contributed by atoms with Crippen LogP contribution in [-0.2, 0) is 20.5 Å². The van der Waals surface area contributed by atoms with E-state index in [2.05, 4.69) is 10.3 Å². The van der Waals surface area contributed by atoms with Crippen LogP contribution < -0.4 is 16.6 Å².